The molecule has 0 saturated heterocycles. The summed E-state index contributed by atoms with van der Waals surface area (Å²) in [6, 6.07) is 13.1. The molecule has 180 valence electrons. The van der Waals surface area contributed by atoms with Crippen molar-refractivity contribution in [2.75, 3.05) is 19.3 Å². The smallest absolute Gasteiger partial charge is 0.350 e. The van der Waals surface area contributed by atoms with Crippen molar-refractivity contribution in [2.24, 2.45) is 0 Å². The van der Waals surface area contributed by atoms with Crippen LogP contribution in [0.1, 0.15) is 48.9 Å². The Bertz CT molecular complexity index is 1200. The van der Waals surface area contributed by atoms with Crippen LogP contribution < -0.4 is 11.0 Å². The van der Waals surface area contributed by atoms with E-state index in [9.17, 15) is 14.4 Å². The predicted molar refractivity (Wildman–Crippen MR) is 133 cm³/mol. The summed E-state index contributed by atoms with van der Waals surface area (Å²) >= 11 is 1.41. The third-order valence-electron chi connectivity index (χ3n) is 6.32. The first-order valence-electron chi connectivity index (χ1n) is 11.8. The number of pyridine rings is 1. The molecule has 2 amide bonds. The highest BCUT2D eigenvalue weighted by atomic mass is 32.2. The van der Waals surface area contributed by atoms with Crippen molar-refractivity contribution in [3.8, 4) is 0 Å². The Labute approximate surface area is 203 Å². The van der Waals surface area contributed by atoms with E-state index in [1.807, 2.05) is 36.2 Å². The lowest BCUT2D eigenvalue weighted by molar-refractivity contribution is -0.129. The second-order valence-electron chi connectivity index (χ2n) is 8.63. The Morgan fingerprint density at radius 3 is 2.68 bits per heavy atom. The highest BCUT2D eigenvalue weighted by molar-refractivity contribution is 8.00. The molecule has 0 spiro atoms. The standard InChI is InChI=1S/C25H31N5O3S/c1-28(19-10-3-2-4-11-19)23(31)18-34-21-13-6-5-12-20(21)24(32)26-15-9-17-30-25(33)29-16-8-7-14-22(29)27-30/h5-8,12-14,16,19H,2-4,9-11,15,17-18H2,1H3,(H,26,32). The molecule has 1 fully saturated rings. The lowest BCUT2D eigenvalue weighted by atomic mass is 9.94. The quantitative estimate of drug-likeness (QED) is 0.375. The fraction of sp³-hybridized carbons (Fsp3) is 0.440. The molecule has 0 bridgehead atoms. The minimum atomic E-state index is -0.188. The van der Waals surface area contributed by atoms with Gasteiger partial charge in [-0.05, 0) is 43.5 Å². The molecule has 1 aliphatic rings. The normalized spacial score (nSPS) is 14.3. The number of aromatic nitrogens is 3. The van der Waals surface area contributed by atoms with E-state index in [4.69, 9.17) is 0 Å². The molecular formula is C25H31N5O3S. The molecule has 0 radical (unpaired) electrons. The average Bonchev–Trinajstić information content (AvgIpc) is 3.20. The zero-order chi connectivity index (χ0) is 23.9. The largest absolute Gasteiger partial charge is 0.352 e. The summed E-state index contributed by atoms with van der Waals surface area (Å²) in [5.74, 6) is 0.234. The molecule has 1 N–H and O–H groups in total. The van der Waals surface area contributed by atoms with Gasteiger partial charge >= 0.3 is 5.69 Å². The van der Waals surface area contributed by atoms with Gasteiger partial charge in [0.15, 0.2) is 5.65 Å². The molecule has 3 aromatic rings. The van der Waals surface area contributed by atoms with Gasteiger partial charge in [-0.15, -0.1) is 16.9 Å². The average molecular weight is 482 g/mol. The van der Waals surface area contributed by atoms with E-state index in [0.29, 0.717) is 42.5 Å². The van der Waals surface area contributed by atoms with E-state index in [-0.39, 0.29) is 17.5 Å². The van der Waals surface area contributed by atoms with Crippen LogP contribution in [0.15, 0.2) is 58.4 Å². The topological polar surface area (TPSA) is 88.7 Å². The fourth-order valence-corrected chi connectivity index (χ4v) is 5.31. The Hall–Kier alpha value is -3.07. The summed E-state index contributed by atoms with van der Waals surface area (Å²) in [5, 5.41) is 7.23. The molecule has 2 heterocycles. The van der Waals surface area contributed by atoms with Gasteiger partial charge in [-0.25, -0.2) is 9.48 Å². The van der Waals surface area contributed by atoms with Crippen LogP contribution in [-0.4, -0.2) is 56.3 Å². The summed E-state index contributed by atoms with van der Waals surface area (Å²) in [5.41, 5.74) is 0.975. The Morgan fingerprint density at radius 1 is 1.12 bits per heavy atom. The minimum Gasteiger partial charge on any atom is -0.352 e. The number of hydrogen-bond acceptors (Lipinski definition) is 5. The van der Waals surface area contributed by atoms with E-state index in [0.717, 1.165) is 17.7 Å². The number of fused-ring (bicyclic) bond motifs is 1. The molecule has 1 aliphatic carbocycles. The van der Waals surface area contributed by atoms with Crippen LogP contribution in [0.2, 0.25) is 0 Å². The lowest BCUT2D eigenvalue weighted by Gasteiger charge is -2.31. The maximum absolute atomic E-state index is 12.8. The van der Waals surface area contributed by atoms with Crippen molar-refractivity contribution in [3.05, 3.63) is 64.7 Å². The maximum atomic E-state index is 12.8. The molecule has 1 aromatic carbocycles. The first-order valence-corrected chi connectivity index (χ1v) is 12.8. The summed E-state index contributed by atoms with van der Waals surface area (Å²) in [6.07, 6.45) is 8.05. The predicted octanol–water partition coefficient (Wildman–Crippen LogP) is 3.20. The summed E-state index contributed by atoms with van der Waals surface area (Å²) in [6.45, 7) is 0.834. The molecule has 2 aromatic heterocycles. The van der Waals surface area contributed by atoms with E-state index in [1.54, 1.807) is 24.4 Å². The SMILES string of the molecule is CN(C(=O)CSc1ccccc1C(=O)NCCCn1nc2ccccn2c1=O)C1CCCCC1. The summed E-state index contributed by atoms with van der Waals surface area (Å²) in [4.78, 5) is 40.5. The maximum Gasteiger partial charge on any atom is 0.350 e. The van der Waals surface area contributed by atoms with Crippen molar-refractivity contribution in [2.45, 2.75) is 56.0 Å². The first-order chi connectivity index (χ1) is 16.5. The van der Waals surface area contributed by atoms with Crippen LogP contribution in [0.5, 0.6) is 0 Å². The molecule has 34 heavy (non-hydrogen) atoms. The third-order valence-corrected chi connectivity index (χ3v) is 7.38. The number of carbonyl (C=O) groups is 2. The third kappa shape index (κ3) is 5.70. The highest BCUT2D eigenvalue weighted by Gasteiger charge is 2.22. The van der Waals surface area contributed by atoms with E-state index in [1.165, 1.54) is 40.1 Å². The van der Waals surface area contributed by atoms with Gasteiger partial charge in [0, 0.05) is 37.3 Å². The van der Waals surface area contributed by atoms with Crippen LogP contribution in [0.3, 0.4) is 0 Å². The molecule has 8 nitrogen and oxygen atoms in total. The van der Waals surface area contributed by atoms with Gasteiger partial charge in [0.05, 0.1) is 11.3 Å². The monoisotopic (exact) mass is 481 g/mol. The zero-order valence-corrected chi connectivity index (χ0v) is 20.3. The van der Waals surface area contributed by atoms with Gasteiger partial charge in [0.2, 0.25) is 5.91 Å². The van der Waals surface area contributed by atoms with E-state index >= 15 is 0 Å². The van der Waals surface area contributed by atoms with Crippen LogP contribution in [0.25, 0.3) is 5.65 Å². The number of nitrogens with one attached hydrogen (secondary N) is 1. The van der Waals surface area contributed by atoms with Crippen LogP contribution in [0.4, 0.5) is 0 Å². The molecule has 0 aliphatic heterocycles. The fourth-order valence-electron chi connectivity index (χ4n) is 4.33. The summed E-state index contributed by atoms with van der Waals surface area (Å²) in [7, 11) is 1.89. The van der Waals surface area contributed by atoms with Gasteiger partial charge < -0.3 is 10.2 Å². The van der Waals surface area contributed by atoms with Gasteiger partial charge in [0.1, 0.15) is 0 Å². The van der Waals surface area contributed by atoms with Crippen LogP contribution in [0, 0.1) is 0 Å². The van der Waals surface area contributed by atoms with Crippen molar-refractivity contribution >= 4 is 29.2 Å². The van der Waals surface area contributed by atoms with E-state index in [2.05, 4.69) is 10.4 Å². The number of nitrogens with zero attached hydrogens (tertiary/aromatic N) is 4. The van der Waals surface area contributed by atoms with Crippen LogP contribution in [-0.2, 0) is 11.3 Å². The molecule has 0 atom stereocenters. The molecular weight excluding hydrogens is 450 g/mol. The number of amides is 2. The van der Waals surface area contributed by atoms with Crippen molar-refractivity contribution in [3.63, 3.8) is 0 Å². The van der Waals surface area contributed by atoms with E-state index < -0.39 is 0 Å². The Morgan fingerprint density at radius 2 is 1.88 bits per heavy atom. The van der Waals surface area contributed by atoms with Gasteiger partial charge in [-0.1, -0.05) is 37.5 Å². The van der Waals surface area contributed by atoms with Gasteiger partial charge in [-0.2, -0.15) is 0 Å². The molecule has 1 saturated carbocycles. The van der Waals surface area contributed by atoms with Gasteiger partial charge in [-0.3, -0.25) is 14.0 Å². The van der Waals surface area contributed by atoms with Crippen LogP contribution >= 0.6 is 11.8 Å². The number of hydrogen-bond donors (Lipinski definition) is 1. The molecule has 0 unspecified atom stereocenters. The second-order valence-corrected chi connectivity index (χ2v) is 9.64. The first kappa shape index (κ1) is 24.1. The second kappa shape index (κ2) is 11.4. The number of thioether (sulfide) groups is 1. The van der Waals surface area contributed by atoms with Gasteiger partial charge in [0.25, 0.3) is 5.91 Å². The zero-order valence-electron chi connectivity index (χ0n) is 19.5. The van der Waals surface area contributed by atoms with Crippen molar-refractivity contribution < 1.29 is 9.59 Å². The number of benzene rings is 1. The molecule has 9 heteroatoms. The minimum absolute atomic E-state index is 0.102. The molecule has 4 rings (SSSR count). The lowest BCUT2D eigenvalue weighted by Crippen LogP contribution is -2.39. The number of rotatable bonds is 9. The van der Waals surface area contributed by atoms with Crippen molar-refractivity contribution in [1.29, 1.82) is 0 Å². The number of carbonyl (C=O) groups excluding carboxylic acids is 2. The number of aryl methyl sites for hydroxylation is 1. The Balaban J connectivity index is 1.28. The Kier molecular flexibility index (Phi) is 8.05. The highest BCUT2D eigenvalue weighted by Crippen LogP contribution is 2.25. The summed E-state index contributed by atoms with van der Waals surface area (Å²) < 4.78 is 2.92. The van der Waals surface area contributed by atoms with Crippen molar-refractivity contribution in [1.82, 2.24) is 24.4 Å².